The van der Waals surface area contributed by atoms with Crippen LogP contribution in [0.2, 0.25) is 5.02 Å². The number of ether oxygens (including phenoxy) is 3. The predicted molar refractivity (Wildman–Crippen MR) is 140 cm³/mol. The Morgan fingerprint density at radius 2 is 1.76 bits per heavy atom. The van der Waals surface area contributed by atoms with Crippen molar-refractivity contribution in [1.82, 2.24) is 9.97 Å². The van der Waals surface area contributed by atoms with Gasteiger partial charge in [-0.3, -0.25) is 0 Å². The number of nitrogens with one attached hydrogen (secondary N) is 1. The minimum absolute atomic E-state index is 0.0172. The maximum atomic E-state index is 6.30. The first kappa shape index (κ1) is 24.1. The molecule has 0 saturated heterocycles. The van der Waals surface area contributed by atoms with Crippen LogP contribution in [0.3, 0.4) is 0 Å². The molecule has 0 unspecified atom stereocenters. The van der Waals surface area contributed by atoms with Crippen molar-refractivity contribution in [2.75, 3.05) is 26.1 Å². The lowest BCUT2D eigenvalue weighted by atomic mass is 10.1. The standard InChI is InChI=1S/C26H28ClN3O3S/c1-6-11-33-21-8-7-17(27)12-19(21)25-10-9-24(34-25)15(2)28-26-18-13-22(31-4)23(32-5)14-20(18)29-16(3)30-26/h7-10,12-15H,6,11H2,1-5H3,(H,28,29,30)/t15-/m0/s1. The fraction of sp³-hybridized carbons (Fsp3) is 0.308. The summed E-state index contributed by atoms with van der Waals surface area (Å²) >= 11 is 8.00. The van der Waals surface area contributed by atoms with Gasteiger partial charge in [-0.25, -0.2) is 9.97 Å². The molecule has 2 heterocycles. The highest BCUT2D eigenvalue weighted by molar-refractivity contribution is 7.15. The topological polar surface area (TPSA) is 65.5 Å². The lowest BCUT2D eigenvalue weighted by Crippen LogP contribution is -2.08. The van der Waals surface area contributed by atoms with Gasteiger partial charge in [-0.2, -0.15) is 0 Å². The highest BCUT2D eigenvalue weighted by Crippen LogP contribution is 2.40. The second kappa shape index (κ2) is 10.5. The Kier molecular flexibility index (Phi) is 7.44. The van der Waals surface area contributed by atoms with E-state index < -0.39 is 0 Å². The van der Waals surface area contributed by atoms with Gasteiger partial charge in [-0.05, 0) is 56.7 Å². The summed E-state index contributed by atoms with van der Waals surface area (Å²) in [5, 5.41) is 5.12. The van der Waals surface area contributed by atoms with Gasteiger partial charge in [-0.15, -0.1) is 11.3 Å². The molecule has 0 aliphatic heterocycles. The third kappa shape index (κ3) is 5.05. The normalized spacial score (nSPS) is 11.9. The van der Waals surface area contributed by atoms with E-state index >= 15 is 0 Å². The quantitative estimate of drug-likeness (QED) is 0.261. The molecule has 2 aromatic carbocycles. The van der Waals surface area contributed by atoms with Crippen molar-refractivity contribution in [2.24, 2.45) is 0 Å². The fourth-order valence-corrected chi connectivity index (χ4v) is 4.92. The van der Waals surface area contributed by atoms with Crippen LogP contribution < -0.4 is 19.5 Å². The molecule has 0 aliphatic carbocycles. The number of thiophene rings is 1. The predicted octanol–water partition coefficient (Wildman–Crippen LogP) is 7.30. The van der Waals surface area contributed by atoms with Crippen LogP contribution in [-0.2, 0) is 0 Å². The first-order valence-corrected chi connectivity index (χ1v) is 12.3. The lowest BCUT2D eigenvalue weighted by Gasteiger charge is -2.17. The number of methoxy groups -OCH3 is 2. The Balaban J connectivity index is 1.65. The maximum Gasteiger partial charge on any atom is 0.162 e. The number of nitrogens with zero attached hydrogens (tertiary/aromatic N) is 2. The van der Waals surface area contributed by atoms with E-state index in [1.54, 1.807) is 25.6 Å². The molecule has 34 heavy (non-hydrogen) atoms. The maximum absolute atomic E-state index is 6.30. The molecule has 6 nitrogen and oxygen atoms in total. The molecule has 0 fully saturated rings. The molecule has 2 aromatic heterocycles. The summed E-state index contributed by atoms with van der Waals surface area (Å²) in [6.07, 6.45) is 0.946. The molecule has 0 bridgehead atoms. The minimum Gasteiger partial charge on any atom is -0.493 e. The number of aromatic nitrogens is 2. The summed E-state index contributed by atoms with van der Waals surface area (Å²) in [6.45, 7) is 6.76. The highest BCUT2D eigenvalue weighted by atomic mass is 35.5. The molecular weight excluding hydrogens is 470 g/mol. The van der Waals surface area contributed by atoms with Crippen LogP contribution in [0.4, 0.5) is 5.82 Å². The Labute approximate surface area is 208 Å². The molecule has 0 radical (unpaired) electrons. The number of hydrogen-bond acceptors (Lipinski definition) is 7. The average molecular weight is 498 g/mol. The summed E-state index contributed by atoms with van der Waals surface area (Å²) in [4.78, 5) is 11.5. The number of fused-ring (bicyclic) bond motifs is 1. The Hall–Kier alpha value is -3.03. The number of anilines is 1. The van der Waals surface area contributed by atoms with Gasteiger partial charge >= 0.3 is 0 Å². The molecule has 0 saturated carbocycles. The zero-order valence-electron chi connectivity index (χ0n) is 19.9. The van der Waals surface area contributed by atoms with Gasteiger partial charge < -0.3 is 19.5 Å². The van der Waals surface area contributed by atoms with Gasteiger partial charge in [0.15, 0.2) is 11.5 Å². The van der Waals surface area contributed by atoms with Crippen LogP contribution in [0.25, 0.3) is 21.3 Å². The molecule has 0 aliphatic rings. The zero-order chi connectivity index (χ0) is 24.2. The molecule has 8 heteroatoms. The van der Waals surface area contributed by atoms with Crippen molar-refractivity contribution in [2.45, 2.75) is 33.2 Å². The molecule has 1 N–H and O–H groups in total. The largest absolute Gasteiger partial charge is 0.493 e. The van der Waals surface area contributed by atoms with Crippen LogP contribution in [0.1, 0.15) is 37.0 Å². The van der Waals surface area contributed by atoms with Crippen LogP contribution in [0.15, 0.2) is 42.5 Å². The molecule has 4 aromatic rings. The average Bonchev–Trinajstić information content (AvgIpc) is 3.32. The Bertz CT molecular complexity index is 1310. The fourth-order valence-electron chi connectivity index (χ4n) is 3.72. The second-order valence-electron chi connectivity index (χ2n) is 7.90. The Morgan fingerprint density at radius 3 is 2.50 bits per heavy atom. The van der Waals surface area contributed by atoms with Gasteiger partial charge in [0.2, 0.25) is 0 Å². The SMILES string of the molecule is CCCOc1ccc(Cl)cc1-c1ccc([C@H](C)Nc2nc(C)nc3cc(OC)c(OC)cc23)s1. The van der Waals surface area contributed by atoms with Crippen molar-refractivity contribution >= 4 is 39.7 Å². The van der Waals surface area contributed by atoms with Crippen molar-refractivity contribution in [3.63, 3.8) is 0 Å². The van der Waals surface area contributed by atoms with E-state index in [9.17, 15) is 0 Å². The summed E-state index contributed by atoms with van der Waals surface area (Å²) in [6, 6.07) is 13.8. The summed E-state index contributed by atoms with van der Waals surface area (Å²) < 4.78 is 16.9. The van der Waals surface area contributed by atoms with Gasteiger partial charge in [0, 0.05) is 31.8 Å². The molecule has 0 amide bonds. The molecule has 0 spiro atoms. The van der Waals surface area contributed by atoms with Gasteiger partial charge in [-0.1, -0.05) is 18.5 Å². The molecule has 4 rings (SSSR count). The molecule has 1 atom stereocenters. The van der Waals surface area contributed by atoms with Crippen molar-refractivity contribution < 1.29 is 14.2 Å². The lowest BCUT2D eigenvalue weighted by molar-refractivity contribution is 0.319. The summed E-state index contributed by atoms with van der Waals surface area (Å²) in [7, 11) is 3.24. The van der Waals surface area contributed by atoms with E-state index in [1.165, 1.54) is 4.88 Å². The Morgan fingerprint density at radius 1 is 1.00 bits per heavy atom. The molecule has 178 valence electrons. The van der Waals surface area contributed by atoms with Crippen molar-refractivity contribution in [3.05, 3.63) is 58.2 Å². The van der Waals surface area contributed by atoms with E-state index in [1.807, 2.05) is 37.3 Å². The number of hydrogen-bond donors (Lipinski definition) is 1. The number of rotatable bonds is 9. The smallest absolute Gasteiger partial charge is 0.162 e. The van der Waals surface area contributed by atoms with Crippen LogP contribution in [-0.4, -0.2) is 30.8 Å². The number of halogens is 1. The van der Waals surface area contributed by atoms with E-state index in [-0.39, 0.29) is 6.04 Å². The zero-order valence-corrected chi connectivity index (χ0v) is 21.5. The number of aryl methyl sites for hydroxylation is 1. The van der Waals surface area contributed by atoms with Gasteiger partial charge in [0.1, 0.15) is 17.4 Å². The van der Waals surface area contributed by atoms with Gasteiger partial charge in [0.05, 0.1) is 32.4 Å². The first-order chi connectivity index (χ1) is 16.4. The highest BCUT2D eigenvalue weighted by Gasteiger charge is 2.17. The second-order valence-corrected chi connectivity index (χ2v) is 9.45. The van der Waals surface area contributed by atoms with E-state index in [2.05, 4.69) is 41.3 Å². The van der Waals surface area contributed by atoms with Crippen LogP contribution in [0.5, 0.6) is 17.2 Å². The van der Waals surface area contributed by atoms with E-state index in [4.69, 9.17) is 25.8 Å². The third-order valence-electron chi connectivity index (χ3n) is 5.39. The van der Waals surface area contributed by atoms with E-state index in [0.717, 1.165) is 39.3 Å². The summed E-state index contributed by atoms with van der Waals surface area (Å²) in [5.41, 5.74) is 1.80. The third-order valence-corrected chi connectivity index (χ3v) is 6.92. The van der Waals surface area contributed by atoms with Crippen molar-refractivity contribution in [1.29, 1.82) is 0 Å². The molecular formula is C26H28ClN3O3S. The first-order valence-electron chi connectivity index (χ1n) is 11.1. The number of benzene rings is 2. The van der Waals surface area contributed by atoms with E-state index in [0.29, 0.717) is 29.0 Å². The van der Waals surface area contributed by atoms with Gasteiger partial charge in [0.25, 0.3) is 0 Å². The minimum atomic E-state index is 0.0172. The van der Waals surface area contributed by atoms with Crippen LogP contribution in [0, 0.1) is 6.92 Å². The monoisotopic (exact) mass is 497 g/mol. The van der Waals surface area contributed by atoms with Crippen molar-refractivity contribution in [3.8, 4) is 27.7 Å². The van der Waals surface area contributed by atoms with Crippen LogP contribution >= 0.6 is 22.9 Å². The summed E-state index contributed by atoms with van der Waals surface area (Å²) in [5.74, 6) is 3.55.